The monoisotopic (exact) mass is 443 g/mol. The van der Waals surface area contributed by atoms with Gasteiger partial charge in [0.1, 0.15) is 0 Å². The number of benzene rings is 2. The number of carbonyl (C=O) groups excluding carboxylic acids is 1. The van der Waals surface area contributed by atoms with E-state index in [1.165, 1.54) is 19.2 Å². The summed E-state index contributed by atoms with van der Waals surface area (Å²) in [5, 5.41) is 0.438. The van der Waals surface area contributed by atoms with Crippen LogP contribution in [0.25, 0.3) is 0 Å². The zero-order valence-electron chi connectivity index (χ0n) is 16.7. The van der Waals surface area contributed by atoms with Crippen LogP contribution in [0.1, 0.15) is 16.1 Å². The van der Waals surface area contributed by atoms with Crippen LogP contribution in [0.4, 0.5) is 5.69 Å². The lowest BCUT2D eigenvalue weighted by Gasteiger charge is -2.21. The average Bonchev–Trinajstić information content (AvgIpc) is 2.77. The molecule has 0 saturated carbocycles. The molecule has 156 valence electrons. The van der Waals surface area contributed by atoms with Gasteiger partial charge in [-0.15, -0.1) is 0 Å². The van der Waals surface area contributed by atoms with Gasteiger partial charge in [0.25, 0.3) is 15.9 Å². The van der Waals surface area contributed by atoms with Gasteiger partial charge < -0.3 is 4.90 Å². The number of halogens is 1. The fraction of sp³-hybridized carbons (Fsp3) is 0.182. The Balaban J connectivity index is 1.78. The molecule has 0 N–H and O–H groups in total. The van der Waals surface area contributed by atoms with Crippen molar-refractivity contribution in [3.8, 4) is 0 Å². The van der Waals surface area contributed by atoms with Gasteiger partial charge in [0.15, 0.2) is 0 Å². The van der Waals surface area contributed by atoms with Crippen LogP contribution in [0.2, 0.25) is 5.02 Å². The third-order valence-electron chi connectivity index (χ3n) is 4.69. The average molecular weight is 444 g/mol. The maximum Gasteiger partial charge on any atom is 0.264 e. The van der Waals surface area contributed by atoms with Gasteiger partial charge in [-0.2, -0.15) is 0 Å². The number of amides is 1. The Morgan fingerprint density at radius 1 is 1.00 bits per heavy atom. The third kappa shape index (κ3) is 4.98. The summed E-state index contributed by atoms with van der Waals surface area (Å²) in [4.78, 5) is 18.7. The Kier molecular flexibility index (Phi) is 6.74. The topological polar surface area (TPSA) is 70.6 Å². The van der Waals surface area contributed by atoms with Crippen molar-refractivity contribution in [1.29, 1.82) is 0 Å². The molecular weight excluding hydrogens is 422 g/mol. The summed E-state index contributed by atoms with van der Waals surface area (Å²) >= 11 is 5.98. The van der Waals surface area contributed by atoms with Crippen molar-refractivity contribution in [2.45, 2.75) is 11.3 Å². The predicted octanol–water partition coefficient (Wildman–Crippen LogP) is 3.87. The largest absolute Gasteiger partial charge is 0.341 e. The maximum atomic E-state index is 13.0. The number of carbonyl (C=O) groups is 1. The van der Waals surface area contributed by atoms with Gasteiger partial charge in [0.2, 0.25) is 0 Å². The minimum absolute atomic E-state index is 0.0361. The Morgan fingerprint density at radius 3 is 2.47 bits per heavy atom. The van der Waals surface area contributed by atoms with Gasteiger partial charge in [-0.3, -0.25) is 14.1 Å². The first kappa shape index (κ1) is 21.8. The summed E-state index contributed by atoms with van der Waals surface area (Å²) < 4.78 is 27.2. The summed E-state index contributed by atoms with van der Waals surface area (Å²) in [6.45, 7) is 0.468. The molecule has 8 heteroatoms. The first-order valence-electron chi connectivity index (χ1n) is 9.29. The first-order chi connectivity index (χ1) is 14.3. The number of anilines is 1. The summed E-state index contributed by atoms with van der Waals surface area (Å²) in [6, 6.07) is 18.3. The second-order valence-electron chi connectivity index (χ2n) is 6.78. The van der Waals surface area contributed by atoms with Crippen molar-refractivity contribution < 1.29 is 13.2 Å². The highest BCUT2D eigenvalue weighted by Gasteiger charge is 2.23. The van der Waals surface area contributed by atoms with E-state index in [0.717, 1.165) is 10.00 Å². The van der Waals surface area contributed by atoms with Gasteiger partial charge in [-0.05, 0) is 48.5 Å². The van der Waals surface area contributed by atoms with Crippen molar-refractivity contribution >= 4 is 33.2 Å². The molecule has 2 aromatic carbocycles. The van der Waals surface area contributed by atoms with Crippen LogP contribution in [-0.2, 0) is 16.4 Å². The normalized spacial score (nSPS) is 11.2. The van der Waals surface area contributed by atoms with E-state index in [2.05, 4.69) is 4.98 Å². The molecule has 0 bridgehead atoms. The zero-order valence-corrected chi connectivity index (χ0v) is 18.3. The predicted molar refractivity (Wildman–Crippen MR) is 118 cm³/mol. The minimum Gasteiger partial charge on any atom is -0.341 e. The fourth-order valence-electron chi connectivity index (χ4n) is 2.91. The van der Waals surface area contributed by atoms with Crippen molar-refractivity contribution in [2.75, 3.05) is 24.9 Å². The van der Waals surface area contributed by atoms with Gasteiger partial charge in [-0.25, -0.2) is 8.42 Å². The van der Waals surface area contributed by atoms with E-state index in [9.17, 15) is 13.2 Å². The summed E-state index contributed by atoms with van der Waals surface area (Å²) in [7, 11) is -0.714. The fourth-order valence-corrected chi connectivity index (χ4v) is 4.33. The molecule has 0 aliphatic heterocycles. The second kappa shape index (κ2) is 9.28. The lowest BCUT2D eigenvalue weighted by Crippen LogP contribution is -2.30. The molecule has 0 saturated heterocycles. The minimum atomic E-state index is -3.85. The van der Waals surface area contributed by atoms with E-state index in [4.69, 9.17) is 11.6 Å². The van der Waals surface area contributed by atoms with Crippen molar-refractivity contribution in [3.05, 3.63) is 89.2 Å². The highest BCUT2D eigenvalue weighted by molar-refractivity contribution is 7.92. The number of sulfonamides is 1. The van der Waals surface area contributed by atoms with E-state index in [1.807, 2.05) is 18.2 Å². The van der Waals surface area contributed by atoms with Crippen molar-refractivity contribution in [1.82, 2.24) is 9.88 Å². The first-order valence-corrected chi connectivity index (χ1v) is 11.1. The lowest BCUT2D eigenvalue weighted by atomic mass is 10.2. The van der Waals surface area contributed by atoms with Crippen LogP contribution >= 0.6 is 11.6 Å². The molecule has 0 atom stereocenters. The maximum absolute atomic E-state index is 13.0. The van der Waals surface area contributed by atoms with Crippen LogP contribution in [0, 0.1) is 0 Å². The molecule has 0 unspecified atom stereocenters. The van der Waals surface area contributed by atoms with E-state index in [1.54, 1.807) is 54.5 Å². The van der Waals surface area contributed by atoms with Gasteiger partial charge >= 0.3 is 0 Å². The van der Waals surface area contributed by atoms with E-state index in [0.29, 0.717) is 29.2 Å². The van der Waals surface area contributed by atoms with Crippen LogP contribution in [-0.4, -0.2) is 44.8 Å². The number of aromatic nitrogens is 1. The molecular formula is C22H22ClN3O3S. The Hall–Kier alpha value is -2.90. The molecule has 1 aromatic heterocycles. The third-order valence-corrected chi connectivity index (χ3v) is 6.70. The summed E-state index contributed by atoms with van der Waals surface area (Å²) in [6.07, 6.45) is 2.32. The molecule has 3 aromatic rings. The summed E-state index contributed by atoms with van der Waals surface area (Å²) in [5.74, 6) is -0.256. The van der Waals surface area contributed by atoms with Crippen LogP contribution < -0.4 is 4.31 Å². The molecule has 0 aliphatic rings. The van der Waals surface area contributed by atoms with Gasteiger partial charge in [0.05, 0.1) is 10.6 Å². The number of rotatable bonds is 7. The van der Waals surface area contributed by atoms with Gasteiger partial charge in [0, 0.05) is 49.5 Å². The lowest BCUT2D eigenvalue weighted by molar-refractivity contribution is 0.0796. The molecule has 0 fully saturated rings. The van der Waals surface area contributed by atoms with Gasteiger partial charge in [-0.1, -0.05) is 29.8 Å². The number of likely N-dealkylation sites (N-methyl/N-ethyl adjacent to an activating group) is 1. The smallest absolute Gasteiger partial charge is 0.264 e. The quantitative estimate of drug-likeness (QED) is 0.555. The molecule has 30 heavy (non-hydrogen) atoms. The number of hydrogen-bond acceptors (Lipinski definition) is 4. The summed E-state index contributed by atoms with van der Waals surface area (Å²) in [5.41, 5.74) is 1.63. The van der Waals surface area contributed by atoms with Crippen LogP contribution in [0.3, 0.4) is 0 Å². The molecule has 6 nitrogen and oxygen atoms in total. The van der Waals surface area contributed by atoms with Crippen molar-refractivity contribution in [2.24, 2.45) is 0 Å². The van der Waals surface area contributed by atoms with Crippen LogP contribution in [0.15, 0.2) is 77.8 Å². The zero-order chi connectivity index (χ0) is 21.7. The van der Waals surface area contributed by atoms with E-state index >= 15 is 0 Å². The Morgan fingerprint density at radius 2 is 1.77 bits per heavy atom. The van der Waals surface area contributed by atoms with E-state index in [-0.39, 0.29) is 10.8 Å². The number of pyridine rings is 1. The second-order valence-corrected chi connectivity index (χ2v) is 9.18. The molecule has 1 heterocycles. The molecule has 0 aliphatic carbocycles. The van der Waals surface area contributed by atoms with Crippen molar-refractivity contribution in [3.63, 3.8) is 0 Å². The highest BCUT2D eigenvalue weighted by atomic mass is 35.5. The Bertz CT molecular complexity index is 1140. The molecule has 0 radical (unpaired) electrons. The molecule has 3 rings (SSSR count). The number of hydrogen-bond donors (Lipinski definition) is 0. The SMILES string of the molecule is CN(CCc1ccccn1)C(=O)c1cccc(S(=O)(=O)N(C)c2cccc(Cl)c2)c1. The molecule has 0 spiro atoms. The Labute approximate surface area is 181 Å². The number of nitrogens with zero attached hydrogens (tertiary/aromatic N) is 3. The van der Waals surface area contributed by atoms with E-state index < -0.39 is 10.0 Å². The molecule has 1 amide bonds. The standard InChI is InChI=1S/C22H22ClN3O3S/c1-25(14-12-19-9-3-4-13-24-19)22(27)17-7-5-11-21(15-17)30(28,29)26(2)20-10-6-8-18(23)16-20/h3-11,13,15-16H,12,14H2,1-2H3. The highest BCUT2D eigenvalue weighted by Crippen LogP contribution is 2.25. The van der Waals surface area contributed by atoms with Crippen LogP contribution in [0.5, 0.6) is 0 Å².